The van der Waals surface area contributed by atoms with Crippen molar-refractivity contribution in [1.29, 1.82) is 0 Å². The van der Waals surface area contributed by atoms with Gasteiger partial charge in [0.25, 0.3) is 15.9 Å². The molecule has 0 aliphatic carbocycles. The van der Waals surface area contributed by atoms with Crippen LogP contribution in [0.5, 0.6) is 0 Å². The molecule has 0 radical (unpaired) electrons. The van der Waals surface area contributed by atoms with Crippen LogP contribution in [0.1, 0.15) is 30.0 Å². The Bertz CT molecular complexity index is 1250. The Morgan fingerprint density at radius 2 is 1.75 bits per heavy atom. The van der Waals surface area contributed by atoms with Crippen LogP contribution >= 0.6 is 0 Å². The van der Waals surface area contributed by atoms with E-state index in [9.17, 15) is 18.0 Å². The summed E-state index contributed by atoms with van der Waals surface area (Å²) in [6.45, 7) is 4.05. The molecular weight excluding hydrogens is 430 g/mol. The smallest absolute Gasteiger partial charge is 0.293 e. The summed E-state index contributed by atoms with van der Waals surface area (Å²) in [5.74, 6) is -0.288. The predicted molar refractivity (Wildman–Crippen MR) is 121 cm³/mol. The number of sulfonamides is 1. The first-order valence-corrected chi connectivity index (χ1v) is 11.6. The van der Waals surface area contributed by atoms with Gasteiger partial charge < -0.3 is 14.6 Å². The number of hydrogen-bond acceptors (Lipinski definition) is 5. The minimum Gasteiger partial charge on any atom is -0.459 e. The number of rotatable bonds is 6. The van der Waals surface area contributed by atoms with Crippen molar-refractivity contribution in [3.05, 3.63) is 72.2 Å². The van der Waals surface area contributed by atoms with Gasteiger partial charge >= 0.3 is 0 Å². The molecule has 1 aliphatic heterocycles. The molecule has 0 saturated carbocycles. The van der Waals surface area contributed by atoms with Crippen molar-refractivity contribution in [2.45, 2.75) is 25.2 Å². The fourth-order valence-corrected chi connectivity index (χ4v) is 4.48. The lowest BCUT2D eigenvalue weighted by Gasteiger charge is -2.16. The predicted octanol–water partition coefficient (Wildman–Crippen LogP) is 3.88. The third kappa shape index (κ3) is 4.38. The minimum atomic E-state index is -3.82. The summed E-state index contributed by atoms with van der Waals surface area (Å²) in [6, 6.07) is 14.3. The molecule has 9 heteroatoms. The second-order valence-electron chi connectivity index (χ2n) is 7.80. The first kappa shape index (κ1) is 21.6. The molecule has 1 aliphatic rings. The normalized spacial score (nSPS) is 13.2. The topological polar surface area (TPSA) is 109 Å². The van der Waals surface area contributed by atoms with Gasteiger partial charge in [0.05, 0.1) is 11.2 Å². The molecule has 0 bridgehead atoms. The Balaban J connectivity index is 1.48. The van der Waals surface area contributed by atoms with E-state index in [4.69, 9.17) is 4.42 Å². The number of furan rings is 1. The number of fused-ring (bicyclic) bond motifs is 1. The van der Waals surface area contributed by atoms with Crippen LogP contribution in [0, 0.1) is 5.92 Å². The zero-order valence-electron chi connectivity index (χ0n) is 17.7. The maximum Gasteiger partial charge on any atom is 0.293 e. The van der Waals surface area contributed by atoms with Gasteiger partial charge in [-0.2, -0.15) is 0 Å². The zero-order chi connectivity index (χ0) is 22.9. The maximum absolute atomic E-state index is 12.8. The van der Waals surface area contributed by atoms with Gasteiger partial charge in [-0.05, 0) is 66.6 Å². The van der Waals surface area contributed by atoms with Gasteiger partial charge in [0.2, 0.25) is 5.91 Å². The molecule has 2 amide bonds. The lowest BCUT2D eigenvalue weighted by molar-refractivity contribution is -0.118. The number of carbonyl (C=O) groups excluding carboxylic acids is 2. The average molecular weight is 454 g/mol. The third-order valence-electron chi connectivity index (χ3n) is 5.16. The molecule has 0 unspecified atom stereocenters. The second-order valence-corrected chi connectivity index (χ2v) is 9.48. The van der Waals surface area contributed by atoms with Crippen molar-refractivity contribution in [3.8, 4) is 0 Å². The summed E-state index contributed by atoms with van der Waals surface area (Å²) in [4.78, 5) is 26.1. The van der Waals surface area contributed by atoms with Crippen LogP contribution < -0.4 is 14.9 Å². The quantitative estimate of drug-likeness (QED) is 0.589. The minimum absolute atomic E-state index is 0.0789. The van der Waals surface area contributed by atoms with Gasteiger partial charge in [-0.1, -0.05) is 13.8 Å². The van der Waals surface area contributed by atoms with E-state index in [1.807, 2.05) is 0 Å². The van der Waals surface area contributed by atoms with E-state index in [2.05, 4.69) is 10.0 Å². The summed E-state index contributed by atoms with van der Waals surface area (Å²) in [7, 11) is -3.82. The van der Waals surface area contributed by atoms with Gasteiger partial charge in [0, 0.05) is 29.5 Å². The standard InChI is InChI=1S/C23H23N3O5S/c1-15(2)22(27)24-17-5-8-19(9-6-17)32(29,30)25-18-7-10-20-16(14-18)11-12-26(20)23(28)21-4-3-13-31-21/h3-10,13-15,25H,11-12H2,1-2H3,(H,24,27). The molecule has 0 atom stereocenters. The van der Waals surface area contributed by atoms with E-state index in [0.717, 1.165) is 11.3 Å². The van der Waals surface area contributed by atoms with E-state index < -0.39 is 10.0 Å². The highest BCUT2D eigenvalue weighted by atomic mass is 32.2. The summed E-state index contributed by atoms with van der Waals surface area (Å²) in [5.41, 5.74) is 2.55. The van der Waals surface area contributed by atoms with Crippen LogP contribution in [-0.4, -0.2) is 26.8 Å². The molecule has 3 aromatic rings. The molecule has 8 nitrogen and oxygen atoms in total. The summed E-state index contributed by atoms with van der Waals surface area (Å²) < 4.78 is 33.4. The summed E-state index contributed by atoms with van der Waals surface area (Å²) in [6.07, 6.45) is 2.06. The van der Waals surface area contributed by atoms with Crippen LogP contribution in [0.2, 0.25) is 0 Å². The largest absolute Gasteiger partial charge is 0.459 e. The van der Waals surface area contributed by atoms with Crippen molar-refractivity contribution in [2.75, 3.05) is 21.5 Å². The van der Waals surface area contributed by atoms with Crippen LogP contribution in [0.25, 0.3) is 0 Å². The van der Waals surface area contributed by atoms with Crippen molar-refractivity contribution in [3.63, 3.8) is 0 Å². The van der Waals surface area contributed by atoms with Crippen molar-refractivity contribution >= 4 is 38.9 Å². The molecule has 0 spiro atoms. The highest BCUT2D eigenvalue weighted by Crippen LogP contribution is 2.32. The van der Waals surface area contributed by atoms with Gasteiger partial charge in [-0.3, -0.25) is 14.3 Å². The van der Waals surface area contributed by atoms with E-state index in [-0.39, 0.29) is 28.4 Å². The number of carbonyl (C=O) groups is 2. The second kappa shape index (κ2) is 8.51. The molecule has 0 saturated heterocycles. The average Bonchev–Trinajstić information content (AvgIpc) is 3.43. The molecule has 32 heavy (non-hydrogen) atoms. The highest BCUT2D eigenvalue weighted by Gasteiger charge is 2.27. The summed E-state index contributed by atoms with van der Waals surface area (Å²) in [5, 5.41) is 2.73. The van der Waals surface area contributed by atoms with Crippen LogP contribution in [0.15, 0.2) is 70.2 Å². The molecule has 2 N–H and O–H groups in total. The number of nitrogens with one attached hydrogen (secondary N) is 2. The number of anilines is 3. The van der Waals surface area contributed by atoms with Gasteiger partial charge in [0.15, 0.2) is 5.76 Å². The molecule has 2 heterocycles. The van der Waals surface area contributed by atoms with E-state index in [1.165, 1.54) is 18.4 Å². The SMILES string of the molecule is CC(C)C(=O)Nc1ccc(S(=O)(=O)Nc2ccc3c(c2)CCN3C(=O)c2ccco2)cc1. The van der Waals surface area contributed by atoms with E-state index >= 15 is 0 Å². The van der Waals surface area contributed by atoms with E-state index in [0.29, 0.717) is 24.3 Å². The van der Waals surface area contributed by atoms with Gasteiger partial charge in [0.1, 0.15) is 0 Å². The first-order valence-electron chi connectivity index (χ1n) is 10.2. The van der Waals surface area contributed by atoms with Gasteiger partial charge in [-0.15, -0.1) is 0 Å². The maximum atomic E-state index is 12.8. The lowest BCUT2D eigenvalue weighted by atomic mass is 10.1. The zero-order valence-corrected chi connectivity index (χ0v) is 18.5. The highest BCUT2D eigenvalue weighted by molar-refractivity contribution is 7.92. The Labute approximate surface area is 186 Å². The fraction of sp³-hybridized carbons (Fsp3) is 0.217. The molecule has 1 aromatic heterocycles. The Morgan fingerprint density at radius 1 is 1.03 bits per heavy atom. The monoisotopic (exact) mass is 453 g/mol. The van der Waals surface area contributed by atoms with Crippen molar-refractivity contribution < 1.29 is 22.4 Å². The van der Waals surface area contributed by atoms with Crippen LogP contribution in [0.4, 0.5) is 17.1 Å². The molecular formula is C23H23N3O5S. The third-order valence-corrected chi connectivity index (χ3v) is 6.56. The Hall–Kier alpha value is -3.59. The van der Waals surface area contributed by atoms with E-state index in [1.54, 1.807) is 61.2 Å². The van der Waals surface area contributed by atoms with Gasteiger partial charge in [-0.25, -0.2) is 8.42 Å². The van der Waals surface area contributed by atoms with Crippen molar-refractivity contribution in [2.24, 2.45) is 5.92 Å². The van der Waals surface area contributed by atoms with Crippen molar-refractivity contribution in [1.82, 2.24) is 0 Å². The fourth-order valence-electron chi connectivity index (χ4n) is 3.43. The van der Waals surface area contributed by atoms with Crippen LogP contribution in [0.3, 0.4) is 0 Å². The molecule has 0 fully saturated rings. The number of hydrogen-bond donors (Lipinski definition) is 2. The molecule has 2 aromatic carbocycles. The van der Waals surface area contributed by atoms with Crippen LogP contribution in [-0.2, 0) is 21.2 Å². The molecule has 4 rings (SSSR count). The number of amides is 2. The molecule has 166 valence electrons. The first-order chi connectivity index (χ1) is 15.2. The Morgan fingerprint density at radius 3 is 2.41 bits per heavy atom. The lowest BCUT2D eigenvalue weighted by Crippen LogP contribution is -2.28. The number of nitrogens with zero attached hydrogens (tertiary/aromatic N) is 1. The summed E-state index contributed by atoms with van der Waals surface area (Å²) >= 11 is 0. The Kier molecular flexibility index (Phi) is 5.75. The number of benzene rings is 2.